The van der Waals surface area contributed by atoms with E-state index < -0.39 is 103 Å². The van der Waals surface area contributed by atoms with E-state index >= 15 is 0 Å². The molecule has 1 aromatic carbocycles. The standard InChI is InChI=1S/C32H45N7O10/c1-18(41)25(34)29(47)26-32(49)39(27(31(48)35-2)28(46)21(33)15-19-9-5-3-6-10-19)14-8-4-7-11-23(43)38-30(22(42)16-36-26)37-20(17-40)12-13-24(44)45/h3-6,8-10,17-18,20-21,25-27,30,36-37,41H,7,11-16,33-34H2,1-2H3,(H,35,48)(H,38,43)(H,44,45)/b8-4+/t18-,20+,21-,25-,26-,27-,30+/m0/s1. The molecule has 1 aliphatic rings. The molecule has 0 saturated carbocycles. The molecule has 0 saturated heterocycles. The summed E-state index contributed by atoms with van der Waals surface area (Å²) in [5.41, 5.74) is 12.8. The van der Waals surface area contributed by atoms with Crippen molar-refractivity contribution < 1.29 is 48.6 Å². The van der Waals surface area contributed by atoms with Crippen molar-refractivity contribution in [3.05, 3.63) is 48.0 Å². The Balaban J connectivity index is 2.57. The Kier molecular flexibility index (Phi) is 16.5. The van der Waals surface area contributed by atoms with Gasteiger partial charge in [0.2, 0.25) is 17.7 Å². The Morgan fingerprint density at radius 2 is 1.78 bits per heavy atom. The number of allylic oxidation sites excluding steroid dienone is 1. The van der Waals surface area contributed by atoms with Crippen LogP contribution in [-0.4, -0.2) is 125 Å². The highest BCUT2D eigenvalue weighted by Crippen LogP contribution is 2.13. The van der Waals surface area contributed by atoms with Crippen LogP contribution in [0.3, 0.4) is 0 Å². The van der Waals surface area contributed by atoms with Crippen LogP contribution < -0.4 is 32.7 Å². The van der Waals surface area contributed by atoms with Gasteiger partial charge in [-0.2, -0.15) is 0 Å². The lowest BCUT2D eigenvalue weighted by Gasteiger charge is -2.34. The maximum absolute atomic E-state index is 14.2. The summed E-state index contributed by atoms with van der Waals surface area (Å²) >= 11 is 0. The van der Waals surface area contributed by atoms with Gasteiger partial charge in [0.05, 0.1) is 30.8 Å². The third kappa shape index (κ3) is 12.4. The number of aliphatic hydroxyl groups is 1. The SMILES string of the molecule is CNC(=O)[C@H](C(=O)[C@@H](N)Cc1ccccc1)N1C/C=C/CCC(=O)N[C@@H](N[C@@H](C=O)CCC(=O)O)C(=O)CN[C@@H](C(=O)[C@@H](N)[C@H](C)O)C1=O. The first-order valence-corrected chi connectivity index (χ1v) is 15.7. The molecule has 3 amide bonds. The number of nitrogens with one attached hydrogen (secondary N) is 4. The number of carboxylic acid groups (broad SMARTS) is 1. The number of nitrogens with two attached hydrogens (primary N) is 2. The van der Waals surface area contributed by atoms with E-state index in [1.165, 1.54) is 26.1 Å². The number of rotatable bonds is 15. The maximum Gasteiger partial charge on any atom is 0.303 e. The molecule has 1 aromatic rings. The van der Waals surface area contributed by atoms with Crippen LogP contribution >= 0.6 is 0 Å². The van der Waals surface area contributed by atoms with Crippen molar-refractivity contribution in [2.24, 2.45) is 11.5 Å². The number of carboxylic acids is 1. The van der Waals surface area contributed by atoms with Gasteiger partial charge in [0.25, 0.3) is 0 Å². The number of aliphatic carboxylic acids is 1. The van der Waals surface area contributed by atoms with Gasteiger partial charge in [0.15, 0.2) is 23.4 Å². The van der Waals surface area contributed by atoms with Gasteiger partial charge in [0, 0.05) is 26.4 Å². The summed E-state index contributed by atoms with van der Waals surface area (Å²) in [6.45, 7) is 0.000735. The van der Waals surface area contributed by atoms with Crippen LogP contribution in [0.4, 0.5) is 0 Å². The van der Waals surface area contributed by atoms with Gasteiger partial charge >= 0.3 is 5.97 Å². The molecular weight excluding hydrogens is 642 g/mol. The second kappa shape index (κ2) is 20.0. The Morgan fingerprint density at radius 3 is 2.37 bits per heavy atom. The van der Waals surface area contributed by atoms with E-state index in [1.807, 2.05) is 0 Å². The van der Waals surface area contributed by atoms with E-state index in [0.29, 0.717) is 11.8 Å². The molecule has 1 heterocycles. The molecule has 268 valence electrons. The molecule has 0 bridgehead atoms. The number of hydrogen-bond donors (Lipinski definition) is 8. The zero-order valence-corrected chi connectivity index (χ0v) is 27.4. The molecule has 2 rings (SSSR count). The van der Waals surface area contributed by atoms with Gasteiger partial charge in [-0.3, -0.25) is 44.2 Å². The van der Waals surface area contributed by atoms with Gasteiger partial charge in [0.1, 0.15) is 18.5 Å². The molecule has 0 spiro atoms. The first-order valence-electron chi connectivity index (χ1n) is 15.7. The van der Waals surface area contributed by atoms with Crippen LogP contribution in [-0.2, 0) is 44.8 Å². The normalized spacial score (nSPS) is 21.6. The summed E-state index contributed by atoms with van der Waals surface area (Å²) in [6, 6.07) is 0.799. The topological polar surface area (TPSA) is 280 Å². The smallest absolute Gasteiger partial charge is 0.303 e. The van der Waals surface area contributed by atoms with Crippen LogP contribution in [0, 0.1) is 0 Å². The molecule has 49 heavy (non-hydrogen) atoms. The number of aldehydes is 1. The lowest BCUT2D eigenvalue weighted by Crippen LogP contribution is -2.65. The lowest BCUT2D eigenvalue weighted by atomic mass is 9.95. The summed E-state index contributed by atoms with van der Waals surface area (Å²) in [7, 11) is 1.24. The maximum atomic E-state index is 14.2. The third-order valence-corrected chi connectivity index (χ3v) is 7.73. The molecule has 0 unspecified atom stereocenters. The van der Waals surface area contributed by atoms with E-state index in [0.717, 1.165) is 4.90 Å². The van der Waals surface area contributed by atoms with Gasteiger partial charge in [-0.25, -0.2) is 0 Å². The first-order chi connectivity index (χ1) is 23.2. The molecule has 7 atom stereocenters. The third-order valence-electron chi connectivity index (χ3n) is 7.73. The van der Waals surface area contributed by atoms with E-state index in [1.54, 1.807) is 30.3 Å². The number of benzene rings is 1. The molecule has 0 aromatic heterocycles. The van der Waals surface area contributed by atoms with E-state index in [4.69, 9.17) is 16.6 Å². The Morgan fingerprint density at radius 1 is 1.10 bits per heavy atom. The van der Waals surface area contributed by atoms with Crippen LogP contribution in [0.1, 0.15) is 38.2 Å². The van der Waals surface area contributed by atoms with Gasteiger partial charge in [-0.05, 0) is 31.7 Å². The number of carbonyl (C=O) groups excluding carboxylic acids is 7. The molecular formula is C32H45N7O10. The number of amides is 3. The number of ketones is 3. The van der Waals surface area contributed by atoms with Crippen molar-refractivity contribution in [1.29, 1.82) is 0 Å². The Hall–Kier alpha value is -4.68. The fourth-order valence-electron chi connectivity index (χ4n) is 4.92. The second-order valence-corrected chi connectivity index (χ2v) is 11.5. The fourth-order valence-corrected chi connectivity index (χ4v) is 4.92. The predicted octanol–water partition coefficient (Wildman–Crippen LogP) is -3.31. The Labute approximate surface area is 283 Å². The van der Waals surface area contributed by atoms with Crippen LogP contribution in [0.5, 0.6) is 0 Å². The minimum Gasteiger partial charge on any atom is -0.481 e. The molecule has 1 aliphatic heterocycles. The summed E-state index contributed by atoms with van der Waals surface area (Å²) in [4.78, 5) is 104. The minimum atomic E-state index is -1.99. The van der Waals surface area contributed by atoms with Gasteiger partial charge < -0.3 is 42.0 Å². The van der Waals surface area contributed by atoms with E-state index in [2.05, 4.69) is 21.3 Å². The zero-order chi connectivity index (χ0) is 36.7. The van der Waals surface area contributed by atoms with Crippen molar-refractivity contribution in [2.75, 3.05) is 20.1 Å². The van der Waals surface area contributed by atoms with E-state index in [9.17, 15) is 43.5 Å². The fraction of sp³-hybridized carbons (Fsp3) is 0.500. The number of hydrogen-bond acceptors (Lipinski definition) is 13. The number of Topliss-reactive ketones (excluding diaryl/α,β-unsaturated/α-hetero) is 3. The quantitative estimate of drug-likeness (QED) is 0.0509. The van der Waals surface area contributed by atoms with Gasteiger partial charge in [-0.15, -0.1) is 0 Å². The van der Waals surface area contributed by atoms with Gasteiger partial charge in [-0.1, -0.05) is 42.5 Å². The predicted molar refractivity (Wildman–Crippen MR) is 174 cm³/mol. The second-order valence-electron chi connectivity index (χ2n) is 11.5. The lowest BCUT2D eigenvalue weighted by molar-refractivity contribution is -0.150. The van der Waals surface area contributed by atoms with Crippen LogP contribution in [0.15, 0.2) is 42.5 Å². The van der Waals surface area contributed by atoms with Crippen molar-refractivity contribution >= 4 is 47.3 Å². The zero-order valence-electron chi connectivity index (χ0n) is 27.4. The number of carbonyl (C=O) groups is 8. The highest BCUT2D eigenvalue weighted by molar-refractivity contribution is 6.14. The minimum absolute atomic E-state index is 0.0186. The molecule has 17 heteroatoms. The van der Waals surface area contributed by atoms with E-state index in [-0.39, 0.29) is 25.7 Å². The molecule has 0 fully saturated rings. The first kappa shape index (κ1) is 40.5. The summed E-state index contributed by atoms with van der Waals surface area (Å²) in [5.74, 6) is -6.66. The number of aliphatic hydroxyl groups excluding tert-OH is 1. The molecule has 17 nitrogen and oxygen atoms in total. The molecule has 0 aliphatic carbocycles. The van der Waals surface area contributed by atoms with Crippen LogP contribution in [0.2, 0.25) is 0 Å². The van der Waals surface area contributed by atoms with Crippen molar-refractivity contribution in [1.82, 2.24) is 26.2 Å². The van der Waals surface area contributed by atoms with Crippen molar-refractivity contribution in [2.45, 2.75) is 81.5 Å². The van der Waals surface area contributed by atoms with Crippen molar-refractivity contribution in [3.8, 4) is 0 Å². The van der Waals surface area contributed by atoms with Crippen molar-refractivity contribution in [3.63, 3.8) is 0 Å². The Bertz CT molecular complexity index is 1390. The largest absolute Gasteiger partial charge is 0.481 e. The average Bonchev–Trinajstić information content (AvgIpc) is 3.07. The number of likely N-dealkylation sites (N-methyl/N-ethyl adjacent to an activating group) is 1. The summed E-state index contributed by atoms with van der Waals surface area (Å²) in [5, 5.41) is 28.9. The highest BCUT2D eigenvalue weighted by atomic mass is 16.4. The number of nitrogens with zero attached hydrogens (tertiary/aromatic N) is 1. The highest BCUT2D eigenvalue weighted by Gasteiger charge is 2.43. The summed E-state index contributed by atoms with van der Waals surface area (Å²) < 4.78 is 0. The molecule has 0 radical (unpaired) electrons. The monoisotopic (exact) mass is 687 g/mol. The summed E-state index contributed by atoms with van der Waals surface area (Å²) in [6.07, 6.45) is -0.445. The average molecular weight is 688 g/mol. The van der Waals surface area contributed by atoms with Crippen LogP contribution in [0.25, 0.3) is 0 Å². The molecule has 10 N–H and O–H groups in total.